The van der Waals surface area contributed by atoms with Crippen molar-refractivity contribution < 1.29 is 9.53 Å². The zero-order valence-electron chi connectivity index (χ0n) is 15.0. The van der Waals surface area contributed by atoms with Gasteiger partial charge in [-0.3, -0.25) is 0 Å². The summed E-state index contributed by atoms with van der Waals surface area (Å²) in [7, 11) is -1.82. The largest absolute Gasteiger partial charge is 0.543 e. The Balaban J connectivity index is 3.10. The number of rotatable bonds is 5. The Hall–Kier alpha value is -0.803. The highest BCUT2D eigenvalue weighted by atomic mass is 28.4. The number of benzene rings is 1. The van der Waals surface area contributed by atoms with Crippen LogP contribution in [0.25, 0.3) is 0 Å². The topological polar surface area (TPSA) is 29.5 Å². The highest BCUT2D eigenvalue weighted by molar-refractivity contribution is 6.74. The van der Waals surface area contributed by atoms with Gasteiger partial charge in [-0.1, -0.05) is 40.7 Å². The molecule has 1 aromatic carbocycles. The first-order chi connectivity index (χ1) is 9.47. The molecule has 2 nitrogen and oxygen atoms in total. The quantitative estimate of drug-likeness (QED) is 0.739. The Morgan fingerprint density at radius 1 is 1.10 bits per heavy atom. The summed E-state index contributed by atoms with van der Waals surface area (Å²) in [4.78, 5) is 0. The monoisotopic (exact) mass is 308 g/mol. The fourth-order valence-corrected chi connectivity index (χ4v) is 3.22. The lowest BCUT2D eigenvalue weighted by atomic mass is 9.88. The summed E-state index contributed by atoms with van der Waals surface area (Å²) >= 11 is 0. The average molecular weight is 309 g/mol. The van der Waals surface area contributed by atoms with E-state index >= 15 is 0 Å². The van der Waals surface area contributed by atoms with Gasteiger partial charge in [-0.25, -0.2) is 0 Å². The molecule has 1 aromatic rings. The Kier molecular flexibility index (Phi) is 5.33. The molecule has 120 valence electrons. The summed E-state index contributed by atoms with van der Waals surface area (Å²) in [5.41, 5.74) is 1.38. The summed E-state index contributed by atoms with van der Waals surface area (Å²) < 4.78 is 6.39. The minimum absolute atomic E-state index is 0.186. The Bertz CT molecular complexity index is 482. The van der Waals surface area contributed by atoms with E-state index in [0.717, 1.165) is 29.7 Å². The van der Waals surface area contributed by atoms with E-state index in [-0.39, 0.29) is 5.04 Å². The third-order valence-electron chi connectivity index (χ3n) is 5.05. The highest BCUT2D eigenvalue weighted by Gasteiger charge is 2.39. The summed E-state index contributed by atoms with van der Waals surface area (Å²) in [5.74, 6) is 0.958. The first-order valence-corrected chi connectivity index (χ1v) is 10.9. The van der Waals surface area contributed by atoms with Crippen LogP contribution in [0.3, 0.4) is 0 Å². The zero-order chi connectivity index (χ0) is 16.5. The van der Waals surface area contributed by atoms with Crippen LogP contribution in [0, 0.1) is 6.92 Å². The molecule has 1 N–H and O–H groups in total. The number of aryl methyl sites for hydroxylation is 1. The van der Waals surface area contributed by atoms with Gasteiger partial charge in [0, 0.05) is 0 Å². The molecule has 0 aromatic heterocycles. The zero-order valence-corrected chi connectivity index (χ0v) is 16.0. The van der Waals surface area contributed by atoms with Gasteiger partial charge >= 0.3 is 0 Å². The molecule has 0 atom stereocenters. The summed E-state index contributed by atoms with van der Waals surface area (Å²) in [6.45, 7) is 17.4. The molecule has 0 saturated heterocycles. The summed E-state index contributed by atoms with van der Waals surface area (Å²) in [6.07, 6.45) is 1.46. The molecule has 21 heavy (non-hydrogen) atoms. The molecular weight excluding hydrogens is 276 g/mol. The standard InChI is InChI=1S/C18H32O2Si/c1-9-18(19,10-2)15-11-12-16(14(3)13-15)20-21(7,8)17(4,5)6/h11-13,19H,9-10H2,1-8H3. The molecule has 0 aliphatic carbocycles. The molecule has 0 spiro atoms. The predicted octanol–water partition coefficient (Wildman–Crippen LogP) is 5.39. The molecular formula is C18H32O2Si. The number of hydrogen-bond acceptors (Lipinski definition) is 2. The van der Waals surface area contributed by atoms with Crippen molar-refractivity contribution in [1.29, 1.82) is 0 Å². The van der Waals surface area contributed by atoms with Crippen molar-refractivity contribution in [2.75, 3.05) is 0 Å². The molecule has 0 aliphatic heterocycles. The van der Waals surface area contributed by atoms with E-state index in [1.54, 1.807) is 0 Å². The first kappa shape index (κ1) is 18.2. The van der Waals surface area contributed by atoms with Crippen LogP contribution >= 0.6 is 0 Å². The van der Waals surface area contributed by atoms with Crippen LogP contribution in [0.15, 0.2) is 18.2 Å². The van der Waals surface area contributed by atoms with E-state index in [0.29, 0.717) is 0 Å². The van der Waals surface area contributed by atoms with E-state index in [1.807, 2.05) is 26.0 Å². The summed E-state index contributed by atoms with van der Waals surface area (Å²) in [5, 5.41) is 10.8. The van der Waals surface area contributed by atoms with Crippen molar-refractivity contribution in [3.05, 3.63) is 29.3 Å². The molecule has 0 fully saturated rings. The molecule has 0 radical (unpaired) electrons. The van der Waals surface area contributed by atoms with Crippen molar-refractivity contribution in [2.24, 2.45) is 0 Å². The Labute approximate surface area is 131 Å². The second kappa shape index (κ2) is 6.13. The smallest absolute Gasteiger partial charge is 0.250 e. The van der Waals surface area contributed by atoms with Crippen LogP contribution in [0.5, 0.6) is 5.75 Å². The SMILES string of the molecule is CCC(O)(CC)c1ccc(O[Si](C)(C)C(C)(C)C)c(C)c1. The van der Waals surface area contributed by atoms with E-state index in [9.17, 15) is 5.11 Å². The molecule has 0 amide bonds. The van der Waals surface area contributed by atoms with Crippen molar-refractivity contribution in [3.8, 4) is 5.75 Å². The molecule has 1 rings (SSSR count). The lowest BCUT2D eigenvalue weighted by Gasteiger charge is -2.37. The maximum atomic E-state index is 10.6. The maximum absolute atomic E-state index is 10.6. The third-order valence-corrected chi connectivity index (χ3v) is 9.40. The third kappa shape index (κ3) is 3.89. The normalized spacial score (nSPS) is 13.4. The number of aliphatic hydroxyl groups is 1. The predicted molar refractivity (Wildman–Crippen MR) is 93.5 cm³/mol. The lowest BCUT2D eigenvalue weighted by Crippen LogP contribution is -2.44. The van der Waals surface area contributed by atoms with Gasteiger partial charge in [0.2, 0.25) is 8.32 Å². The minimum atomic E-state index is -1.82. The highest BCUT2D eigenvalue weighted by Crippen LogP contribution is 2.39. The Morgan fingerprint density at radius 3 is 2.00 bits per heavy atom. The van der Waals surface area contributed by atoms with Gasteiger partial charge in [0.25, 0.3) is 0 Å². The molecule has 0 saturated carbocycles. The van der Waals surface area contributed by atoms with Gasteiger partial charge in [0.15, 0.2) is 0 Å². The first-order valence-electron chi connectivity index (χ1n) is 7.99. The average Bonchev–Trinajstić information content (AvgIpc) is 2.38. The van der Waals surface area contributed by atoms with E-state index in [2.05, 4.69) is 46.9 Å². The van der Waals surface area contributed by atoms with Crippen LogP contribution in [0.4, 0.5) is 0 Å². The van der Waals surface area contributed by atoms with Crippen LogP contribution in [0.1, 0.15) is 58.6 Å². The second-order valence-corrected chi connectivity index (χ2v) is 12.3. The van der Waals surface area contributed by atoms with Crippen molar-refractivity contribution in [3.63, 3.8) is 0 Å². The van der Waals surface area contributed by atoms with Gasteiger partial charge in [0.05, 0.1) is 5.60 Å². The van der Waals surface area contributed by atoms with Gasteiger partial charge in [-0.2, -0.15) is 0 Å². The fourth-order valence-electron chi connectivity index (χ4n) is 2.14. The van der Waals surface area contributed by atoms with Crippen LogP contribution in [0.2, 0.25) is 18.1 Å². The van der Waals surface area contributed by atoms with Gasteiger partial charge < -0.3 is 9.53 Å². The van der Waals surface area contributed by atoms with Crippen LogP contribution in [-0.2, 0) is 5.60 Å². The van der Waals surface area contributed by atoms with Crippen molar-refractivity contribution in [1.82, 2.24) is 0 Å². The summed E-state index contributed by atoms with van der Waals surface area (Å²) in [6, 6.07) is 6.12. The van der Waals surface area contributed by atoms with Gasteiger partial charge in [-0.05, 0) is 61.2 Å². The molecule has 0 aliphatic rings. The maximum Gasteiger partial charge on any atom is 0.250 e. The second-order valence-electron chi connectivity index (χ2n) is 7.58. The van der Waals surface area contributed by atoms with Crippen LogP contribution in [-0.4, -0.2) is 13.4 Å². The molecule has 0 heterocycles. The molecule has 0 bridgehead atoms. The van der Waals surface area contributed by atoms with E-state index in [1.165, 1.54) is 0 Å². The minimum Gasteiger partial charge on any atom is -0.543 e. The van der Waals surface area contributed by atoms with Gasteiger partial charge in [-0.15, -0.1) is 0 Å². The van der Waals surface area contributed by atoms with E-state index in [4.69, 9.17) is 4.43 Å². The van der Waals surface area contributed by atoms with Crippen LogP contribution < -0.4 is 4.43 Å². The fraction of sp³-hybridized carbons (Fsp3) is 0.667. The lowest BCUT2D eigenvalue weighted by molar-refractivity contribution is 0.0283. The molecule has 0 unspecified atom stereocenters. The Morgan fingerprint density at radius 2 is 1.62 bits per heavy atom. The van der Waals surface area contributed by atoms with E-state index < -0.39 is 13.9 Å². The van der Waals surface area contributed by atoms with Crippen molar-refractivity contribution >= 4 is 8.32 Å². The van der Waals surface area contributed by atoms with Crippen molar-refractivity contribution in [2.45, 2.75) is 78.1 Å². The van der Waals surface area contributed by atoms with Gasteiger partial charge in [0.1, 0.15) is 5.75 Å². The molecule has 3 heteroatoms. The number of hydrogen-bond donors (Lipinski definition) is 1.